The van der Waals surface area contributed by atoms with Gasteiger partial charge in [-0.2, -0.15) is 0 Å². The molecule has 0 radical (unpaired) electrons. The van der Waals surface area contributed by atoms with Crippen LogP contribution in [0.15, 0.2) is 16.3 Å². The molecule has 1 atom stereocenters. The molecule has 0 saturated carbocycles. The lowest BCUT2D eigenvalue weighted by Gasteiger charge is -2.23. The molecular weight excluding hydrogens is 234 g/mol. The van der Waals surface area contributed by atoms with Gasteiger partial charge in [-0.1, -0.05) is 0 Å². The molecule has 0 fully saturated rings. The summed E-state index contributed by atoms with van der Waals surface area (Å²) in [7, 11) is 0. The van der Waals surface area contributed by atoms with Crippen molar-refractivity contribution in [3.05, 3.63) is 11.3 Å². The summed E-state index contributed by atoms with van der Waals surface area (Å²) < 4.78 is 5.11. The second-order valence-electron chi connectivity index (χ2n) is 4.47. The molecule has 17 heavy (non-hydrogen) atoms. The molecule has 0 aromatic carbocycles. The van der Waals surface area contributed by atoms with Gasteiger partial charge in [-0.25, -0.2) is 0 Å². The van der Waals surface area contributed by atoms with Crippen LogP contribution in [0.2, 0.25) is 0 Å². The number of thioether (sulfide) groups is 1. The largest absolute Gasteiger partial charge is 0.466 e. The van der Waals surface area contributed by atoms with Crippen molar-refractivity contribution in [2.75, 3.05) is 12.4 Å². The van der Waals surface area contributed by atoms with Crippen molar-refractivity contribution in [2.24, 2.45) is 10.9 Å². The SMILES string of the molecule is CCOC(=O)C1CCC2=C(CCSC(C)=N2)C1. The first-order valence-electron chi connectivity index (χ1n) is 6.26. The van der Waals surface area contributed by atoms with Gasteiger partial charge in [0.15, 0.2) is 0 Å². The summed E-state index contributed by atoms with van der Waals surface area (Å²) in [4.78, 5) is 16.4. The van der Waals surface area contributed by atoms with Crippen molar-refractivity contribution in [1.29, 1.82) is 0 Å². The minimum absolute atomic E-state index is 0.0309. The molecule has 0 N–H and O–H groups in total. The summed E-state index contributed by atoms with van der Waals surface area (Å²) in [6, 6.07) is 0. The van der Waals surface area contributed by atoms with E-state index in [1.165, 1.54) is 11.3 Å². The van der Waals surface area contributed by atoms with Crippen LogP contribution in [-0.4, -0.2) is 23.4 Å². The number of carbonyl (C=O) groups excluding carboxylic acids is 1. The fourth-order valence-corrected chi connectivity index (χ4v) is 3.21. The molecule has 94 valence electrons. The van der Waals surface area contributed by atoms with E-state index in [4.69, 9.17) is 4.74 Å². The summed E-state index contributed by atoms with van der Waals surface area (Å²) in [5, 5.41) is 1.16. The van der Waals surface area contributed by atoms with Crippen molar-refractivity contribution in [3.63, 3.8) is 0 Å². The van der Waals surface area contributed by atoms with E-state index in [2.05, 4.69) is 11.9 Å². The fourth-order valence-electron chi connectivity index (χ4n) is 2.39. The molecule has 1 unspecified atom stereocenters. The molecule has 0 saturated heterocycles. The standard InChI is InChI=1S/C13H19NO2S/c1-3-16-13(15)11-4-5-12-10(8-11)6-7-17-9(2)14-12/h11H,3-8H2,1-2H3. The number of carbonyl (C=O) groups is 1. The average molecular weight is 253 g/mol. The van der Waals surface area contributed by atoms with Crippen LogP contribution in [0.5, 0.6) is 0 Å². The first-order valence-corrected chi connectivity index (χ1v) is 7.25. The zero-order valence-electron chi connectivity index (χ0n) is 10.5. The quantitative estimate of drug-likeness (QED) is 0.710. The molecule has 0 aromatic rings. The average Bonchev–Trinajstić information content (AvgIpc) is 2.49. The third kappa shape index (κ3) is 3.12. The van der Waals surface area contributed by atoms with Crippen LogP contribution in [0.25, 0.3) is 0 Å². The topological polar surface area (TPSA) is 38.7 Å². The van der Waals surface area contributed by atoms with E-state index in [-0.39, 0.29) is 11.9 Å². The number of aliphatic imine (C=N–C) groups is 1. The second kappa shape index (κ2) is 5.71. The molecule has 2 aliphatic rings. The van der Waals surface area contributed by atoms with Gasteiger partial charge in [0.2, 0.25) is 0 Å². The maximum Gasteiger partial charge on any atom is 0.309 e. The summed E-state index contributed by atoms with van der Waals surface area (Å²) in [6.45, 7) is 4.41. The molecular formula is C13H19NO2S. The Morgan fingerprint density at radius 2 is 2.35 bits per heavy atom. The molecule has 0 amide bonds. The number of rotatable bonds is 2. The number of hydrogen-bond donors (Lipinski definition) is 0. The van der Waals surface area contributed by atoms with Crippen LogP contribution in [0.3, 0.4) is 0 Å². The first-order chi connectivity index (χ1) is 8.20. The Morgan fingerprint density at radius 3 is 3.12 bits per heavy atom. The number of ether oxygens (including phenoxy) is 1. The lowest BCUT2D eigenvalue weighted by Crippen LogP contribution is -2.21. The molecule has 2 rings (SSSR count). The maximum absolute atomic E-state index is 11.7. The van der Waals surface area contributed by atoms with Gasteiger partial charge in [0.05, 0.1) is 17.6 Å². The van der Waals surface area contributed by atoms with E-state index in [1.54, 1.807) is 0 Å². The van der Waals surface area contributed by atoms with Crippen molar-refractivity contribution >= 4 is 22.8 Å². The van der Waals surface area contributed by atoms with Gasteiger partial charge in [0.1, 0.15) is 0 Å². The Morgan fingerprint density at radius 1 is 1.53 bits per heavy atom. The van der Waals surface area contributed by atoms with E-state index in [0.29, 0.717) is 6.61 Å². The van der Waals surface area contributed by atoms with Gasteiger partial charge < -0.3 is 4.74 Å². The Balaban J connectivity index is 2.07. The van der Waals surface area contributed by atoms with Crippen LogP contribution < -0.4 is 0 Å². The summed E-state index contributed by atoms with van der Waals surface area (Å²) >= 11 is 1.82. The summed E-state index contributed by atoms with van der Waals surface area (Å²) in [6.07, 6.45) is 3.73. The molecule has 0 spiro atoms. The van der Waals surface area contributed by atoms with E-state index >= 15 is 0 Å². The highest BCUT2D eigenvalue weighted by Gasteiger charge is 2.28. The van der Waals surface area contributed by atoms with Gasteiger partial charge in [0, 0.05) is 11.4 Å². The fraction of sp³-hybridized carbons (Fsp3) is 0.692. The van der Waals surface area contributed by atoms with E-state index in [9.17, 15) is 4.79 Å². The van der Waals surface area contributed by atoms with Gasteiger partial charge in [-0.05, 0) is 45.1 Å². The van der Waals surface area contributed by atoms with Crippen LogP contribution >= 0.6 is 11.8 Å². The van der Waals surface area contributed by atoms with Crippen molar-refractivity contribution in [3.8, 4) is 0 Å². The van der Waals surface area contributed by atoms with E-state index in [0.717, 1.165) is 36.5 Å². The lowest BCUT2D eigenvalue weighted by atomic mass is 9.85. The van der Waals surface area contributed by atoms with Crippen LogP contribution in [0.4, 0.5) is 0 Å². The highest BCUT2D eigenvalue weighted by atomic mass is 32.2. The van der Waals surface area contributed by atoms with Crippen LogP contribution in [0, 0.1) is 5.92 Å². The normalized spacial score (nSPS) is 24.8. The van der Waals surface area contributed by atoms with Crippen LogP contribution in [0.1, 0.15) is 39.5 Å². The number of esters is 1. The van der Waals surface area contributed by atoms with Gasteiger partial charge >= 0.3 is 5.97 Å². The second-order valence-corrected chi connectivity index (χ2v) is 5.76. The summed E-state index contributed by atoms with van der Waals surface area (Å²) in [5.74, 6) is 1.12. The van der Waals surface area contributed by atoms with Gasteiger partial charge in [0.25, 0.3) is 0 Å². The Hall–Kier alpha value is -0.770. The number of hydrogen-bond acceptors (Lipinski definition) is 4. The monoisotopic (exact) mass is 253 g/mol. The number of nitrogens with zero attached hydrogens (tertiary/aromatic N) is 1. The molecule has 0 aromatic heterocycles. The number of allylic oxidation sites excluding steroid dienone is 2. The minimum atomic E-state index is -0.0309. The zero-order chi connectivity index (χ0) is 12.3. The van der Waals surface area contributed by atoms with Gasteiger partial charge in [-0.3, -0.25) is 9.79 Å². The highest BCUT2D eigenvalue weighted by molar-refractivity contribution is 8.13. The molecule has 1 aliphatic carbocycles. The maximum atomic E-state index is 11.7. The molecule has 1 aliphatic heterocycles. The van der Waals surface area contributed by atoms with Crippen molar-refractivity contribution in [2.45, 2.75) is 39.5 Å². The Labute approximate surface area is 107 Å². The highest BCUT2D eigenvalue weighted by Crippen LogP contribution is 2.35. The van der Waals surface area contributed by atoms with E-state index in [1.807, 2.05) is 18.7 Å². The van der Waals surface area contributed by atoms with E-state index < -0.39 is 0 Å². The Kier molecular flexibility index (Phi) is 4.26. The van der Waals surface area contributed by atoms with Crippen molar-refractivity contribution < 1.29 is 9.53 Å². The molecule has 1 heterocycles. The zero-order valence-corrected chi connectivity index (χ0v) is 11.3. The molecule has 4 heteroatoms. The summed E-state index contributed by atoms with van der Waals surface area (Å²) in [5.41, 5.74) is 2.60. The minimum Gasteiger partial charge on any atom is -0.466 e. The first kappa shape index (κ1) is 12.7. The predicted molar refractivity (Wildman–Crippen MR) is 71.2 cm³/mol. The molecule has 0 bridgehead atoms. The molecule has 3 nitrogen and oxygen atoms in total. The lowest BCUT2D eigenvalue weighted by molar-refractivity contribution is -0.148. The third-order valence-electron chi connectivity index (χ3n) is 3.26. The smallest absolute Gasteiger partial charge is 0.309 e. The predicted octanol–water partition coefficient (Wildman–Crippen LogP) is 3.16. The van der Waals surface area contributed by atoms with Crippen molar-refractivity contribution in [1.82, 2.24) is 0 Å². The Bertz CT molecular complexity index is 374. The third-order valence-corrected chi connectivity index (χ3v) is 4.17. The van der Waals surface area contributed by atoms with Gasteiger partial charge in [-0.15, -0.1) is 11.8 Å². The van der Waals surface area contributed by atoms with Crippen LogP contribution in [-0.2, 0) is 9.53 Å².